The summed E-state index contributed by atoms with van der Waals surface area (Å²) in [6, 6.07) is 3.63. The van der Waals surface area contributed by atoms with Crippen molar-refractivity contribution in [1.29, 1.82) is 0 Å². The predicted octanol–water partition coefficient (Wildman–Crippen LogP) is 1.91. The lowest BCUT2D eigenvalue weighted by atomic mass is 10.2. The summed E-state index contributed by atoms with van der Waals surface area (Å²) in [4.78, 5) is 22.2. The van der Waals surface area contributed by atoms with Gasteiger partial charge in [-0.25, -0.2) is 14.8 Å². The molecule has 2 rings (SSSR count). The van der Waals surface area contributed by atoms with Crippen molar-refractivity contribution < 1.29 is 4.79 Å². The number of thiazole rings is 1. The third-order valence-electron chi connectivity index (χ3n) is 2.82. The van der Waals surface area contributed by atoms with Crippen LogP contribution in [0.3, 0.4) is 0 Å². The van der Waals surface area contributed by atoms with E-state index in [2.05, 4.69) is 20.6 Å². The molecule has 6 nitrogen and oxygen atoms in total. The maximum Gasteiger partial charge on any atom is 0.315 e. The van der Waals surface area contributed by atoms with Gasteiger partial charge in [0.25, 0.3) is 0 Å². The number of hydrogen-bond donors (Lipinski definition) is 2. The van der Waals surface area contributed by atoms with Crippen molar-refractivity contribution in [3.63, 3.8) is 0 Å². The van der Waals surface area contributed by atoms with Crippen LogP contribution in [0, 0.1) is 6.92 Å². The number of hydrogen-bond acceptors (Lipinski definition) is 5. The maximum atomic E-state index is 11.7. The second kappa shape index (κ2) is 7.03. The molecule has 2 aromatic heterocycles. The van der Waals surface area contributed by atoms with E-state index in [4.69, 9.17) is 0 Å². The zero-order valence-corrected chi connectivity index (χ0v) is 13.2. The van der Waals surface area contributed by atoms with Gasteiger partial charge in [-0.3, -0.25) is 0 Å². The molecule has 2 N–H and O–H groups in total. The minimum atomic E-state index is -0.205. The van der Waals surface area contributed by atoms with Crippen LogP contribution < -0.4 is 15.5 Å². The van der Waals surface area contributed by atoms with Gasteiger partial charge in [0, 0.05) is 32.2 Å². The third-order valence-corrected chi connectivity index (χ3v) is 3.64. The summed E-state index contributed by atoms with van der Waals surface area (Å²) < 4.78 is 0. The molecule has 0 radical (unpaired) electrons. The van der Waals surface area contributed by atoms with Crippen molar-refractivity contribution in [1.82, 2.24) is 20.6 Å². The molecule has 0 saturated carbocycles. The average Bonchev–Trinajstić information content (AvgIpc) is 2.89. The van der Waals surface area contributed by atoms with E-state index in [1.807, 2.05) is 43.4 Å². The van der Waals surface area contributed by atoms with Gasteiger partial charge < -0.3 is 15.5 Å². The number of nitrogens with zero attached hydrogens (tertiary/aromatic N) is 3. The quantitative estimate of drug-likeness (QED) is 0.885. The van der Waals surface area contributed by atoms with Crippen LogP contribution in [0.25, 0.3) is 0 Å². The first kappa shape index (κ1) is 15.2. The molecule has 0 fully saturated rings. The van der Waals surface area contributed by atoms with E-state index < -0.39 is 0 Å². The Kier molecular flexibility index (Phi) is 5.10. The van der Waals surface area contributed by atoms with E-state index in [1.54, 1.807) is 17.5 Å². The Hall–Kier alpha value is -2.15. The van der Waals surface area contributed by atoms with Gasteiger partial charge in [-0.1, -0.05) is 0 Å². The second-order valence-electron chi connectivity index (χ2n) is 4.81. The normalized spacial score (nSPS) is 10.2. The highest BCUT2D eigenvalue weighted by Crippen LogP contribution is 2.09. The number of aryl methyl sites for hydroxylation is 1. The topological polar surface area (TPSA) is 70.1 Å². The molecule has 0 aliphatic heterocycles. The molecule has 112 valence electrons. The summed E-state index contributed by atoms with van der Waals surface area (Å²) in [7, 11) is 3.87. The number of aromatic nitrogens is 2. The van der Waals surface area contributed by atoms with Crippen LogP contribution in [-0.4, -0.2) is 30.1 Å². The number of rotatable bonds is 5. The SMILES string of the molecule is Cc1nc(CNC(=O)NCc2ccnc(N(C)C)c2)cs1. The van der Waals surface area contributed by atoms with Crippen LogP contribution in [0.5, 0.6) is 0 Å². The lowest BCUT2D eigenvalue weighted by molar-refractivity contribution is 0.240. The van der Waals surface area contributed by atoms with Crippen molar-refractivity contribution in [2.24, 2.45) is 0 Å². The highest BCUT2D eigenvalue weighted by atomic mass is 32.1. The zero-order valence-electron chi connectivity index (χ0n) is 12.4. The largest absolute Gasteiger partial charge is 0.363 e. The van der Waals surface area contributed by atoms with Crippen LogP contribution >= 0.6 is 11.3 Å². The summed E-state index contributed by atoms with van der Waals surface area (Å²) in [6.07, 6.45) is 1.74. The number of nitrogens with one attached hydrogen (secondary N) is 2. The standard InChI is InChI=1S/C14H19N5OS/c1-10-18-12(9-21-10)8-17-14(20)16-7-11-4-5-15-13(6-11)19(2)3/h4-6,9H,7-8H2,1-3H3,(H2,16,17,20). The fraction of sp³-hybridized carbons (Fsp3) is 0.357. The van der Waals surface area contributed by atoms with E-state index in [1.165, 1.54) is 0 Å². The van der Waals surface area contributed by atoms with Crippen molar-refractivity contribution in [2.75, 3.05) is 19.0 Å². The van der Waals surface area contributed by atoms with E-state index >= 15 is 0 Å². The minimum Gasteiger partial charge on any atom is -0.363 e. The van der Waals surface area contributed by atoms with Gasteiger partial charge in [0.2, 0.25) is 0 Å². The van der Waals surface area contributed by atoms with E-state index in [-0.39, 0.29) is 6.03 Å². The van der Waals surface area contributed by atoms with Gasteiger partial charge in [0.05, 0.1) is 17.2 Å². The Labute approximate surface area is 128 Å². The Balaban J connectivity index is 1.79. The molecule has 0 aliphatic carbocycles. The summed E-state index contributed by atoms with van der Waals surface area (Å²) in [5.74, 6) is 0.868. The molecule has 7 heteroatoms. The van der Waals surface area contributed by atoms with Crippen molar-refractivity contribution in [3.8, 4) is 0 Å². The molecule has 2 amide bonds. The molecular weight excluding hydrogens is 286 g/mol. The number of carbonyl (C=O) groups is 1. The number of carbonyl (C=O) groups excluding carboxylic acids is 1. The molecular formula is C14H19N5OS. The Bertz CT molecular complexity index is 611. The van der Waals surface area contributed by atoms with Crippen molar-refractivity contribution in [3.05, 3.63) is 40.0 Å². The third kappa shape index (κ3) is 4.71. The van der Waals surface area contributed by atoms with E-state index in [0.717, 1.165) is 22.1 Å². The van der Waals surface area contributed by atoms with Gasteiger partial charge in [0.15, 0.2) is 0 Å². The van der Waals surface area contributed by atoms with Crippen LogP contribution in [-0.2, 0) is 13.1 Å². The molecule has 2 heterocycles. The Morgan fingerprint density at radius 3 is 2.76 bits per heavy atom. The molecule has 0 unspecified atom stereocenters. The number of amides is 2. The number of urea groups is 1. The highest BCUT2D eigenvalue weighted by Gasteiger charge is 2.04. The maximum absolute atomic E-state index is 11.7. The minimum absolute atomic E-state index is 0.205. The highest BCUT2D eigenvalue weighted by molar-refractivity contribution is 7.09. The summed E-state index contributed by atoms with van der Waals surface area (Å²) in [6.45, 7) is 2.85. The molecule has 0 spiro atoms. The second-order valence-corrected chi connectivity index (χ2v) is 5.87. The molecule has 21 heavy (non-hydrogen) atoms. The Morgan fingerprint density at radius 2 is 2.10 bits per heavy atom. The first-order chi connectivity index (χ1) is 10.0. The first-order valence-corrected chi connectivity index (χ1v) is 7.47. The Morgan fingerprint density at radius 1 is 1.33 bits per heavy atom. The lowest BCUT2D eigenvalue weighted by Crippen LogP contribution is -2.34. The summed E-state index contributed by atoms with van der Waals surface area (Å²) in [5, 5.41) is 8.56. The lowest BCUT2D eigenvalue weighted by Gasteiger charge is -2.12. The van der Waals surface area contributed by atoms with Gasteiger partial charge in [-0.2, -0.15) is 0 Å². The van der Waals surface area contributed by atoms with Crippen LogP contribution in [0.15, 0.2) is 23.7 Å². The van der Waals surface area contributed by atoms with Crippen LogP contribution in [0.4, 0.5) is 10.6 Å². The fourth-order valence-corrected chi connectivity index (χ4v) is 2.33. The summed E-state index contributed by atoms with van der Waals surface area (Å²) >= 11 is 1.58. The van der Waals surface area contributed by atoms with Crippen LogP contribution in [0.1, 0.15) is 16.3 Å². The molecule has 2 aromatic rings. The van der Waals surface area contributed by atoms with Crippen molar-refractivity contribution >= 4 is 23.2 Å². The predicted molar refractivity (Wildman–Crippen MR) is 84.5 cm³/mol. The molecule has 0 aromatic carbocycles. The summed E-state index contributed by atoms with van der Waals surface area (Å²) in [5.41, 5.74) is 1.89. The van der Waals surface area contributed by atoms with Gasteiger partial charge in [-0.05, 0) is 24.6 Å². The van der Waals surface area contributed by atoms with E-state index in [0.29, 0.717) is 13.1 Å². The smallest absolute Gasteiger partial charge is 0.315 e. The molecule has 0 bridgehead atoms. The number of pyridine rings is 1. The molecule has 0 saturated heterocycles. The first-order valence-electron chi connectivity index (χ1n) is 6.59. The monoisotopic (exact) mass is 305 g/mol. The molecule has 0 atom stereocenters. The van der Waals surface area contributed by atoms with Crippen LogP contribution in [0.2, 0.25) is 0 Å². The fourth-order valence-electron chi connectivity index (χ4n) is 1.72. The van der Waals surface area contributed by atoms with Gasteiger partial charge >= 0.3 is 6.03 Å². The van der Waals surface area contributed by atoms with Gasteiger partial charge in [0.1, 0.15) is 5.82 Å². The average molecular weight is 305 g/mol. The van der Waals surface area contributed by atoms with Crippen molar-refractivity contribution in [2.45, 2.75) is 20.0 Å². The molecule has 0 aliphatic rings. The number of anilines is 1. The van der Waals surface area contributed by atoms with E-state index in [9.17, 15) is 4.79 Å². The zero-order chi connectivity index (χ0) is 15.2. The van der Waals surface area contributed by atoms with Gasteiger partial charge in [-0.15, -0.1) is 11.3 Å².